The maximum atomic E-state index is 13.0. The normalized spacial score (nSPS) is 16.7. The molecule has 1 atom stereocenters. The molecule has 10 heteroatoms. The van der Waals surface area contributed by atoms with Gasteiger partial charge in [-0.1, -0.05) is 23.8 Å². The average Bonchev–Trinajstić information content (AvgIpc) is 3.06. The van der Waals surface area contributed by atoms with Crippen molar-refractivity contribution in [2.24, 2.45) is 0 Å². The van der Waals surface area contributed by atoms with Crippen LogP contribution in [0.2, 0.25) is 0 Å². The van der Waals surface area contributed by atoms with Crippen molar-refractivity contribution in [1.29, 1.82) is 0 Å². The molecule has 1 aliphatic heterocycles. The number of carbonyl (C=O) groups excluding carboxylic acids is 2. The first-order valence-corrected chi connectivity index (χ1v) is 10.2. The lowest BCUT2D eigenvalue weighted by molar-refractivity contribution is -0.384. The number of sulfonamides is 1. The van der Waals surface area contributed by atoms with E-state index in [1.165, 1.54) is 24.3 Å². The highest BCUT2D eigenvalue weighted by atomic mass is 32.2. The molecular weight excluding hydrogens is 398 g/mol. The number of aryl methyl sites for hydroxylation is 2. The van der Waals surface area contributed by atoms with Gasteiger partial charge in [-0.25, -0.2) is 12.7 Å². The molecule has 9 nitrogen and oxygen atoms in total. The van der Waals surface area contributed by atoms with E-state index in [0.717, 1.165) is 5.56 Å². The minimum absolute atomic E-state index is 0.00455. The first kappa shape index (κ1) is 20.5. The molecular formula is C19H19N3O6S. The Hall–Kier alpha value is -3.27. The molecule has 1 saturated heterocycles. The number of nitrogens with one attached hydrogen (secondary N) is 1. The summed E-state index contributed by atoms with van der Waals surface area (Å²) in [5, 5.41) is 13.7. The van der Waals surface area contributed by atoms with Crippen molar-refractivity contribution < 1.29 is 22.9 Å². The number of hydrogen-bond donors (Lipinski definition) is 1. The zero-order chi connectivity index (χ0) is 21.3. The molecule has 2 aromatic rings. The molecule has 0 spiro atoms. The van der Waals surface area contributed by atoms with Crippen molar-refractivity contribution >= 4 is 33.2 Å². The van der Waals surface area contributed by atoms with E-state index in [2.05, 4.69) is 5.32 Å². The Morgan fingerprint density at radius 3 is 2.38 bits per heavy atom. The van der Waals surface area contributed by atoms with Gasteiger partial charge in [0.05, 0.1) is 9.82 Å². The molecule has 3 rings (SSSR count). The fourth-order valence-corrected chi connectivity index (χ4v) is 4.74. The Labute approximate surface area is 167 Å². The predicted molar refractivity (Wildman–Crippen MR) is 105 cm³/mol. The van der Waals surface area contributed by atoms with Crippen molar-refractivity contribution in [3.05, 3.63) is 63.7 Å². The largest absolute Gasteiger partial charge is 0.319 e. The molecule has 1 N–H and O–H groups in total. The Balaban J connectivity index is 1.92. The lowest BCUT2D eigenvalue weighted by Crippen LogP contribution is -2.45. The Morgan fingerprint density at radius 1 is 1.14 bits per heavy atom. The van der Waals surface area contributed by atoms with Crippen LogP contribution in [0, 0.1) is 24.0 Å². The Bertz CT molecular complexity index is 1100. The Kier molecular flexibility index (Phi) is 5.38. The van der Waals surface area contributed by atoms with Gasteiger partial charge in [0, 0.05) is 12.5 Å². The van der Waals surface area contributed by atoms with Crippen LogP contribution in [0.4, 0.5) is 11.4 Å². The first-order chi connectivity index (χ1) is 13.6. The average molecular weight is 417 g/mol. The third kappa shape index (κ3) is 3.97. The molecule has 1 unspecified atom stereocenters. The van der Waals surface area contributed by atoms with E-state index in [9.17, 15) is 28.1 Å². The number of nitro benzene ring substituents is 1. The van der Waals surface area contributed by atoms with Crippen molar-refractivity contribution in [2.45, 2.75) is 37.6 Å². The molecule has 0 saturated carbocycles. The fourth-order valence-electron chi connectivity index (χ4n) is 3.14. The van der Waals surface area contributed by atoms with E-state index < -0.39 is 32.8 Å². The summed E-state index contributed by atoms with van der Waals surface area (Å²) >= 11 is 0. The number of amides is 2. The van der Waals surface area contributed by atoms with Crippen molar-refractivity contribution in [3.63, 3.8) is 0 Å². The quantitative estimate of drug-likeness (QED) is 0.588. The molecule has 2 aromatic carbocycles. The van der Waals surface area contributed by atoms with Gasteiger partial charge in [0.2, 0.25) is 11.8 Å². The van der Waals surface area contributed by atoms with Crippen LogP contribution >= 0.6 is 0 Å². The molecule has 1 fully saturated rings. The Morgan fingerprint density at radius 2 is 1.76 bits per heavy atom. The third-order valence-electron chi connectivity index (χ3n) is 4.65. The lowest BCUT2D eigenvalue weighted by Gasteiger charge is -2.23. The predicted octanol–water partition coefficient (Wildman–Crippen LogP) is 2.53. The van der Waals surface area contributed by atoms with Gasteiger partial charge in [-0.15, -0.1) is 0 Å². The molecule has 0 aliphatic carbocycles. The van der Waals surface area contributed by atoms with Crippen LogP contribution in [-0.2, 0) is 19.6 Å². The van der Waals surface area contributed by atoms with Crippen LogP contribution in [0.25, 0.3) is 0 Å². The van der Waals surface area contributed by atoms with Crippen LogP contribution in [-0.4, -0.2) is 35.5 Å². The smallest absolute Gasteiger partial charge is 0.293 e. The number of nitrogens with zero attached hydrogens (tertiary/aromatic N) is 2. The highest BCUT2D eigenvalue weighted by Gasteiger charge is 2.44. The fraction of sp³-hybridized carbons (Fsp3) is 0.263. The van der Waals surface area contributed by atoms with Gasteiger partial charge in [0.25, 0.3) is 15.7 Å². The van der Waals surface area contributed by atoms with Crippen molar-refractivity contribution in [1.82, 2.24) is 4.31 Å². The van der Waals surface area contributed by atoms with E-state index in [0.29, 0.717) is 9.87 Å². The minimum atomic E-state index is -4.24. The number of anilines is 1. The van der Waals surface area contributed by atoms with Gasteiger partial charge in [-0.3, -0.25) is 19.7 Å². The van der Waals surface area contributed by atoms with Gasteiger partial charge in [-0.2, -0.15) is 0 Å². The number of rotatable bonds is 5. The second-order valence-electron chi connectivity index (χ2n) is 6.83. The highest BCUT2D eigenvalue weighted by molar-refractivity contribution is 7.89. The molecule has 1 heterocycles. The summed E-state index contributed by atoms with van der Waals surface area (Å²) in [6, 6.07) is 8.91. The first-order valence-electron chi connectivity index (χ1n) is 8.81. The van der Waals surface area contributed by atoms with Crippen LogP contribution in [0.1, 0.15) is 24.0 Å². The molecule has 0 aromatic heterocycles. The molecule has 1 aliphatic rings. The zero-order valence-electron chi connectivity index (χ0n) is 15.8. The summed E-state index contributed by atoms with van der Waals surface area (Å²) in [5.41, 5.74) is 1.11. The maximum Gasteiger partial charge on any atom is 0.293 e. The molecule has 0 radical (unpaired) electrons. The highest BCUT2D eigenvalue weighted by Crippen LogP contribution is 2.30. The van der Waals surface area contributed by atoms with E-state index in [1.807, 2.05) is 0 Å². The second kappa shape index (κ2) is 7.63. The van der Waals surface area contributed by atoms with E-state index in [4.69, 9.17) is 0 Å². The van der Waals surface area contributed by atoms with E-state index in [1.54, 1.807) is 32.0 Å². The molecule has 0 bridgehead atoms. The monoisotopic (exact) mass is 417 g/mol. The number of benzene rings is 2. The third-order valence-corrected chi connectivity index (χ3v) is 6.49. The van der Waals surface area contributed by atoms with Gasteiger partial charge in [0.1, 0.15) is 11.7 Å². The van der Waals surface area contributed by atoms with Crippen molar-refractivity contribution in [2.75, 3.05) is 5.32 Å². The summed E-state index contributed by atoms with van der Waals surface area (Å²) < 4.78 is 26.5. The van der Waals surface area contributed by atoms with Gasteiger partial charge in [0.15, 0.2) is 0 Å². The standard InChI is InChI=1S/C19H19N3O6S/c1-12-3-6-14(7-4-12)29(27,28)21-16(9-10-18(21)23)19(24)20-15-8-5-13(2)11-17(15)22(25)26/h3-8,11,16H,9-10H2,1-2H3,(H,20,24). The topological polar surface area (TPSA) is 127 Å². The van der Waals surface area contributed by atoms with Crippen LogP contribution < -0.4 is 5.32 Å². The SMILES string of the molecule is Cc1ccc(S(=O)(=O)N2C(=O)CCC2C(=O)Nc2ccc(C)cc2[N+](=O)[O-])cc1. The van der Waals surface area contributed by atoms with Gasteiger partial charge < -0.3 is 5.32 Å². The van der Waals surface area contributed by atoms with Crippen molar-refractivity contribution in [3.8, 4) is 0 Å². The maximum absolute atomic E-state index is 13.0. The number of carbonyl (C=O) groups is 2. The number of hydrogen-bond acceptors (Lipinski definition) is 6. The second-order valence-corrected chi connectivity index (χ2v) is 8.64. The molecule has 29 heavy (non-hydrogen) atoms. The summed E-state index contributed by atoms with van der Waals surface area (Å²) in [6.45, 7) is 3.46. The van der Waals surface area contributed by atoms with E-state index in [-0.39, 0.29) is 29.1 Å². The minimum Gasteiger partial charge on any atom is -0.319 e. The van der Waals surface area contributed by atoms with E-state index >= 15 is 0 Å². The summed E-state index contributed by atoms with van der Waals surface area (Å²) in [4.78, 5) is 35.6. The van der Waals surface area contributed by atoms with Crippen LogP contribution in [0.3, 0.4) is 0 Å². The number of nitro groups is 1. The lowest BCUT2D eigenvalue weighted by atomic mass is 10.1. The summed E-state index contributed by atoms with van der Waals surface area (Å²) in [7, 11) is -4.24. The zero-order valence-corrected chi connectivity index (χ0v) is 16.6. The summed E-state index contributed by atoms with van der Waals surface area (Å²) in [6.07, 6.45) is -0.116. The van der Waals surface area contributed by atoms with Crippen LogP contribution in [0.5, 0.6) is 0 Å². The van der Waals surface area contributed by atoms with Gasteiger partial charge in [-0.05, 0) is 44.0 Å². The van der Waals surface area contributed by atoms with Crippen LogP contribution in [0.15, 0.2) is 47.4 Å². The molecule has 152 valence electrons. The van der Waals surface area contributed by atoms with Gasteiger partial charge >= 0.3 is 0 Å². The molecule has 2 amide bonds. The summed E-state index contributed by atoms with van der Waals surface area (Å²) in [5.74, 6) is -1.48.